The molecule has 0 aliphatic carbocycles. The number of rotatable bonds is 7. The normalized spacial score (nSPS) is 12.9. The molecule has 200 valence electrons. The van der Waals surface area contributed by atoms with Gasteiger partial charge in [-0.2, -0.15) is 0 Å². The molecule has 1 unspecified atom stereocenters. The van der Waals surface area contributed by atoms with Crippen molar-refractivity contribution in [2.75, 3.05) is 17.1 Å². The van der Waals surface area contributed by atoms with Gasteiger partial charge < -0.3 is 9.30 Å². The summed E-state index contributed by atoms with van der Waals surface area (Å²) >= 11 is 12.2. The van der Waals surface area contributed by atoms with Crippen LogP contribution in [-0.2, 0) is 30.4 Å². The zero-order valence-electron chi connectivity index (χ0n) is 21.0. The van der Waals surface area contributed by atoms with Crippen LogP contribution in [0.15, 0.2) is 76.8 Å². The lowest BCUT2D eigenvalue weighted by molar-refractivity contribution is -0.152. The first-order valence-corrected chi connectivity index (χ1v) is 15.1. The maximum Gasteiger partial charge on any atom is 0.327 e. The van der Waals surface area contributed by atoms with Crippen molar-refractivity contribution < 1.29 is 22.2 Å². The van der Waals surface area contributed by atoms with E-state index in [9.17, 15) is 17.4 Å². The Kier molecular flexibility index (Phi) is 7.90. The summed E-state index contributed by atoms with van der Waals surface area (Å²) in [5, 5.41) is 0.999. The maximum atomic E-state index is 13.7. The number of aromatic nitrogens is 2. The molecule has 2 aromatic heterocycles. The van der Waals surface area contributed by atoms with Crippen LogP contribution in [0, 0.1) is 0 Å². The molecule has 0 fully saturated rings. The van der Waals surface area contributed by atoms with E-state index < -0.39 is 38.9 Å². The summed E-state index contributed by atoms with van der Waals surface area (Å²) in [6.07, 6.45) is 4.93. The lowest BCUT2D eigenvalue weighted by Gasteiger charge is -2.26. The molecule has 4 rings (SSSR count). The molecule has 0 radical (unpaired) electrons. The van der Waals surface area contributed by atoms with E-state index in [2.05, 4.69) is 4.98 Å². The SMILES string of the molecule is CS(=O)c1ccc(-n2ccc3cc(N(CC(=O)OC(C)(C)C)S(=O)(=O)c4cc(Cl)cc(Cl)c4)ccc32)nc1. The van der Waals surface area contributed by atoms with Gasteiger partial charge in [0.25, 0.3) is 10.0 Å². The van der Waals surface area contributed by atoms with Crippen LogP contribution in [0.2, 0.25) is 10.0 Å². The Hall–Kier alpha value is -2.92. The van der Waals surface area contributed by atoms with Crippen molar-refractivity contribution in [3.05, 3.63) is 77.0 Å². The number of hydrogen-bond donors (Lipinski definition) is 0. The predicted molar refractivity (Wildman–Crippen MR) is 150 cm³/mol. The molecule has 0 aliphatic rings. The number of halogens is 2. The quantitative estimate of drug-likeness (QED) is 0.258. The number of ether oxygens (including phenoxy) is 1. The smallest absolute Gasteiger partial charge is 0.327 e. The highest BCUT2D eigenvalue weighted by molar-refractivity contribution is 7.92. The molecule has 0 bridgehead atoms. The van der Waals surface area contributed by atoms with Crippen LogP contribution >= 0.6 is 23.2 Å². The molecule has 4 aromatic rings. The summed E-state index contributed by atoms with van der Waals surface area (Å²) in [5.74, 6) is -0.113. The Balaban J connectivity index is 1.78. The Labute approximate surface area is 233 Å². The fourth-order valence-corrected chi connectivity index (χ4v) is 6.37. The number of carbonyl (C=O) groups excluding carboxylic acids is 1. The summed E-state index contributed by atoms with van der Waals surface area (Å²) < 4.78 is 47.4. The lowest BCUT2D eigenvalue weighted by Crippen LogP contribution is -2.39. The number of esters is 1. The molecule has 1 atom stereocenters. The standard InChI is InChI=1S/C26H25Cl2N3O5S2/c1-26(2,3)36-25(32)16-31(38(34,35)22-13-18(27)12-19(28)14-22)20-5-7-23-17(11-20)9-10-30(23)24-8-6-21(15-29-24)37(4)33/h5-15H,16H2,1-4H3. The highest BCUT2D eigenvalue weighted by atomic mass is 35.5. The molecule has 38 heavy (non-hydrogen) atoms. The van der Waals surface area contributed by atoms with Crippen LogP contribution < -0.4 is 4.31 Å². The second-order valence-electron chi connectivity index (χ2n) is 9.44. The van der Waals surface area contributed by atoms with Gasteiger partial charge in [0, 0.05) is 34.1 Å². The van der Waals surface area contributed by atoms with Crippen molar-refractivity contribution in [3.8, 4) is 5.82 Å². The van der Waals surface area contributed by atoms with Crippen LogP contribution in [0.4, 0.5) is 5.69 Å². The van der Waals surface area contributed by atoms with Gasteiger partial charge in [0.15, 0.2) is 0 Å². The Morgan fingerprint density at radius 2 is 1.74 bits per heavy atom. The molecule has 2 aromatic carbocycles. The van der Waals surface area contributed by atoms with Gasteiger partial charge in [-0.1, -0.05) is 23.2 Å². The Morgan fingerprint density at radius 1 is 1.05 bits per heavy atom. The second-order valence-corrected chi connectivity index (χ2v) is 13.6. The number of sulfonamides is 1. The van der Waals surface area contributed by atoms with E-state index in [1.807, 2.05) is 4.57 Å². The molecule has 0 spiro atoms. The van der Waals surface area contributed by atoms with Gasteiger partial charge in [-0.05, 0) is 75.4 Å². The van der Waals surface area contributed by atoms with Gasteiger partial charge in [0.1, 0.15) is 18.0 Å². The number of benzene rings is 2. The summed E-state index contributed by atoms with van der Waals surface area (Å²) in [6, 6.07) is 14.3. The Morgan fingerprint density at radius 3 is 2.32 bits per heavy atom. The molecule has 0 aliphatic heterocycles. The van der Waals surface area contributed by atoms with Gasteiger partial charge in [-0.3, -0.25) is 13.3 Å². The van der Waals surface area contributed by atoms with Crippen LogP contribution in [0.5, 0.6) is 0 Å². The second kappa shape index (κ2) is 10.7. The molecule has 2 heterocycles. The van der Waals surface area contributed by atoms with Gasteiger partial charge in [-0.15, -0.1) is 0 Å². The molecule has 8 nitrogen and oxygen atoms in total. The first-order valence-electron chi connectivity index (χ1n) is 11.4. The molecule has 0 saturated heterocycles. The number of fused-ring (bicyclic) bond motifs is 1. The van der Waals surface area contributed by atoms with Crippen molar-refractivity contribution in [2.24, 2.45) is 0 Å². The molecule has 12 heteroatoms. The van der Waals surface area contributed by atoms with Crippen LogP contribution in [0.1, 0.15) is 20.8 Å². The van der Waals surface area contributed by atoms with E-state index >= 15 is 0 Å². The average molecular weight is 595 g/mol. The average Bonchev–Trinajstić information content (AvgIpc) is 3.24. The highest BCUT2D eigenvalue weighted by Gasteiger charge is 2.30. The van der Waals surface area contributed by atoms with E-state index in [-0.39, 0.29) is 20.6 Å². The number of nitrogens with zero attached hydrogens (tertiary/aromatic N) is 3. The van der Waals surface area contributed by atoms with E-state index in [4.69, 9.17) is 27.9 Å². The molecule has 0 N–H and O–H groups in total. The largest absolute Gasteiger partial charge is 0.459 e. The van der Waals surface area contributed by atoms with Crippen molar-refractivity contribution in [2.45, 2.75) is 36.2 Å². The van der Waals surface area contributed by atoms with E-state index in [0.717, 1.165) is 9.82 Å². The van der Waals surface area contributed by atoms with Gasteiger partial charge >= 0.3 is 5.97 Å². The maximum absolute atomic E-state index is 13.7. The molecular formula is C26H25Cl2N3O5S2. The lowest BCUT2D eigenvalue weighted by atomic mass is 10.2. The molecule has 0 amide bonds. The fourth-order valence-electron chi connectivity index (χ4n) is 3.78. The Bertz CT molecular complexity index is 1630. The minimum Gasteiger partial charge on any atom is -0.459 e. The molecule has 0 saturated carbocycles. The summed E-state index contributed by atoms with van der Waals surface area (Å²) in [4.78, 5) is 17.6. The topological polar surface area (TPSA) is 98.6 Å². The van der Waals surface area contributed by atoms with Crippen molar-refractivity contribution in [3.63, 3.8) is 0 Å². The predicted octanol–water partition coefficient (Wildman–Crippen LogP) is 5.61. The summed E-state index contributed by atoms with van der Waals surface area (Å²) in [5.41, 5.74) is 0.203. The van der Waals surface area contributed by atoms with Crippen molar-refractivity contribution in [1.82, 2.24) is 9.55 Å². The highest BCUT2D eigenvalue weighted by Crippen LogP contribution is 2.31. The van der Waals surface area contributed by atoms with Crippen molar-refractivity contribution in [1.29, 1.82) is 0 Å². The van der Waals surface area contributed by atoms with Gasteiger partial charge in [0.05, 0.1) is 31.8 Å². The van der Waals surface area contributed by atoms with Crippen LogP contribution in [0.25, 0.3) is 16.7 Å². The zero-order chi connectivity index (χ0) is 27.8. The first-order chi connectivity index (χ1) is 17.7. The number of pyridine rings is 1. The fraction of sp³-hybridized carbons (Fsp3) is 0.231. The monoisotopic (exact) mass is 593 g/mol. The third-order valence-electron chi connectivity index (χ3n) is 5.38. The summed E-state index contributed by atoms with van der Waals surface area (Å²) in [7, 11) is -5.41. The number of carbonyl (C=O) groups is 1. The minimum atomic E-state index is -4.26. The van der Waals surface area contributed by atoms with E-state index in [1.54, 1.807) is 75.8 Å². The number of hydrogen-bond acceptors (Lipinski definition) is 6. The first kappa shape index (κ1) is 28.1. The van der Waals surface area contributed by atoms with Crippen LogP contribution in [0.3, 0.4) is 0 Å². The summed E-state index contributed by atoms with van der Waals surface area (Å²) in [6.45, 7) is 4.54. The van der Waals surface area contributed by atoms with E-state index in [1.165, 1.54) is 18.2 Å². The van der Waals surface area contributed by atoms with E-state index in [0.29, 0.717) is 16.1 Å². The van der Waals surface area contributed by atoms with Crippen LogP contribution in [-0.4, -0.2) is 46.5 Å². The zero-order valence-corrected chi connectivity index (χ0v) is 24.2. The van der Waals surface area contributed by atoms with Gasteiger partial charge in [-0.25, -0.2) is 13.4 Å². The molecular weight excluding hydrogens is 569 g/mol. The number of anilines is 1. The third kappa shape index (κ3) is 6.20. The van der Waals surface area contributed by atoms with Gasteiger partial charge in [0.2, 0.25) is 0 Å². The van der Waals surface area contributed by atoms with Crippen molar-refractivity contribution >= 4 is 66.6 Å². The third-order valence-corrected chi connectivity index (χ3v) is 8.47. The minimum absolute atomic E-state index is 0.145.